The molecule has 0 atom stereocenters. The molecule has 0 saturated carbocycles. The minimum atomic E-state index is -0.960. The van der Waals surface area contributed by atoms with Crippen LogP contribution in [-0.2, 0) is 6.61 Å². The number of aromatic carboxylic acids is 1. The van der Waals surface area contributed by atoms with Gasteiger partial charge >= 0.3 is 5.97 Å². The Kier molecular flexibility index (Phi) is 6.56. The summed E-state index contributed by atoms with van der Waals surface area (Å²) in [6, 6.07) is 21.0. The molecule has 6 heteroatoms. The van der Waals surface area contributed by atoms with Crippen LogP contribution in [0.25, 0.3) is 11.6 Å². The maximum Gasteiger partial charge on any atom is 0.335 e. The van der Waals surface area contributed by atoms with Crippen molar-refractivity contribution in [1.82, 2.24) is 0 Å². The molecule has 0 spiro atoms. The number of nitrogens with zero attached hydrogens (tertiary/aromatic N) is 1. The summed E-state index contributed by atoms with van der Waals surface area (Å²) in [5.74, 6) is -0.301. The highest BCUT2D eigenvalue weighted by Crippen LogP contribution is 2.28. The monoisotopic (exact) mass is 423 g/mol. The number of carboxylic acids is 1. The van der Waals surface area contributed by atoms with Gasteiger partial charge in [-0.05, 0) is 53.6 Å². The van der Waals surface area contributed by atoms with Crippen molar-refractivity contribution in [2.45, 2.75) is 6.61 Å². The number of benzene rings is 3. The van der Waals surface area contributed by atoms with E-state index in [1.807, 2.05) is 12.1 Å². The number of carbonyl (C=O) groups is 1. The minimum Gasteiger partial charge on any atom is -0.489 e. The Balaban J connectivity index is 1.69. The number of halogens is 2. The standard InChI is InChI=1S/C23H15Cl2NO3/c24-19-7-10-21(22(25)12-19)18(13-26)11-15-3-8-20(9-4-15)29-14-16-1-5-17(6-2-16)23(27)28/h1-12H,14H2,(H,27,28)/b18-11+. The van der Waals surface area contributed by atoms with Gasteiger partial charge in [0.25, 0.3) is 0 Å². The maximum atomic E-state index is 10.9. The van der Waals surface area contributed by atoms with E-state index in [1.54, 1.807) is 60.7 Å². The molecule has 0 heterocycles. The van der Waals surface area contributed by atoms with Crippen LogP contribution in [0.5, 0.6) is 5.75 Å². The molecule has 0 amide bonds. The number of nitriles is 1. The van der Waals surface area contributed by atoms with Gasteiger partial charge in [-0.3, -0.25) is 0 Å². The summed E-state index contributed by atoms with van der Waals surface area (Å²) < 4.78 is 5.73. The van der Waals surface area contributed by atoms with Crippen LogP contribution in [0.2, 0.25) is 10.0 Å². The molecule has 1 N–H and O–H groups in total. The van der Waals surface area contributed by atoms with E-state index < -0.39 is 5.97 Å². The zero-order valence-electron chi connectivity index (χ0n) is 15.1. The molecule has 0 bridgehead atoms. The first-order chi connectivity index (χ1) is 14.0. The first-order valence-electron chi connectivity index (χ1n) is 8.58. The third-order valence-corrected chi connectivity index (χ3v) is 4.69. The lowest BCUT2D eigenvalue weighted by atomic mass is 10.0. The van der Waals surface area contributed by atoms with E-state index in [1.165, 1.54) is 0 Å². The summed E-state index contributed by atoms with van der Waals surface area (Å²) in [5, 5.41) is 19.3. The number of carboxylic acid groups (broad SMARTS) is 1. The van der Waals surface area contributed by atoms with Crippen molar-refractivity contribution in [3.8, 4) is 11.8 Å². The molecule has 0 unspecified atom stereocenters. The Bertz CT molecular complexity index is 1100. The van der Waals surface area contributed by atoms with Gasteiger partial charge in [0.1, 0.15) is 12.4 Å². The molecule has 0 fully saturated rings. The zero-order valence-corrected chi connectivity index (χ0v) is 16.6. The SMILES string of the molecule is N#C/C(=C\c1ccc(OCc2ccc(C(=O)O)cc2)cc1)c1ccc(Cl)cc1Cl. The Morgan fingerprint density at radius 1 is 1.03 bits per heavy atom. The number of ether oxygens (including phenoxy) is 1. The molecule has 4 nitrogen and oxygen atoms in total. The minimum absolute atomic E-state index is 0.235. The van der Waals surface area contributed by atoms with Crippen molar-refractivity contribution in [2.24, 2.45) is 0 Å². The first kappa shape index (κ1) is 20.5. The third-order valence-electron chi connectivity index (χ3n) is 4.14. The van der Waals surface area contributed by atoms with E-state index in [-0.39, 0.29) is 5.56 Å². The highest BCUT2D eigenvalue weighted by Gasteiger charge is 2.07. The lowest BCUT2D eigenvalue weighted by molar-refractivity contribution is 0.0697. The predicted molar refractivity (Wildman–Crippen MR) is 114 cm³/mol. The Morgan fingerprint density at radius 3 is 2.31 bits per heavy atom. The molecule has 29 heavy (non-hydrogen) atoms. The second-order valence-electron chi connectivity index (χ2n) is 6.15. The highest BCUT2D eigenvalue weighted by atomic mass is 35.5. The average molecular weight is 424 g/mol. The summed E-state index contributed by atoms with van der Waals surface area (Å²) in [5.41, 5.74) is 2.97. The van der Waals surface area contributed by atoms with Gasteiger partial charge in [0, 0.05) is 10.6 Å². The van der Waals surface area contributed by atoms with Crippen LogP contribution >= 0.6 is 23.2 Å². The molecular weight excluding hydrogens is 409 g/mol. The molecule has 0 saturated heterocycles. The van der Waals surface area contributed by atoms with Crippen molar-refractivity contribution in [3.63, 3.8) is 0 Å². The van der Waals surface area contributed by atoms with Crippen LogP contribution in [0.3, 0.4) is 0 Å². The van der Waals surface area contributed by atoms with E-state index in [2.05, 4.69) is 6.07 Å². The van der Waals surface area contributed by atoms with Crippen LogP contribution in [-0.4, -0.2) is 11.1 Å². The highest BCUT2D eigenvalue weighted by molar-refractivity contribution is 6.36. The molecule has 3 aromatic rings. The second kappa shape index (κ2) is 9.29. The smallest absolute Gasteiger partial charge is 0.335 e. The second-order valence-corrected chi connectivity index (χ2v) is 7.00. The summed E-state index contributed by atoms with van der Waals surface area (Å²) in [4.78, 5) is 10.9. The van der Waals surface area contributed by atoms with Crippen molar-refractivity contribution in [1.29, 1.82) is 5.26 Å². The van der Waals surface area contributed by atoms with Gasteiger partial charge in [0.05, 0.1) is 22.2 Å². The fourth-order valence-corrected chi connectivity index (χ4v) is 3.13. The number of allylic oxidation sites excluding steroid dienone is 1. The molecule has 3 rings (SSSR count). The zero-order chi connectivity index (χ0) is 20.8. The van der Waals surface area contributed by atoms with Gasteiger partial charge < -0.3 is 9.84 Å². The molecule has 0 aliphatic heterocycles. The normalized spacial score (nSPS) is 11.0. The number of hydrogen-bond donors (Lipinski definition) is 1. The summed E-state index contributed by atoms with van der Waals surface area (Å²) >= 11 is 12.1. The molecular formula is C23H15Cl2NO3. The predicted octanol–water partition coefficient (Wildman–Crippen LogP) is 6.33. The molecule has 144 valence electrons. The van der Waals surface area contributed by atoms with Crippen molar-refractivity contribution in [3.05, 3.63) is 99.0 Å². The molecule has 3 aromatic carbocycles. The molecule has 0 radical (unpaired) electrons. The Labute approximate surface area is 178 Å². The van der Waals surface area contributed by atoms with Crippen molar-refractivity contribution < 1.29 is 14.6 Å². The van der Waals surface area contributed by atoms with Crippen LogP contribution < -0.4 is 4.74 Å². The van der Waals surface area contributed by atoms with Crippen LogP contribution in [0.15, 0.2) is 66.7 Å². The van der Waals surface area contributed by atoms with E-state index in [0.717, 1.165) is 11.1 Å². The molecule has 0 aliphatic carbocycles. The van der Waals surface area contributed by atoms with E-state index in [0.29, 0.717) is 33.5 Å². The topological polar surface area (TPSA) is 70.3 Å². The maximum absolute atomic E-state index is 10.9. The van der Waals surface area contributed by atoms with Gasteiger partial charge in [-0.2, -0.15) is 5.26 Å². The number of rotatable bonds is 6. The van der Waals surface area contributed by atoms with Gasteiger partial charge in [-0.1, -0.05) is 53.5 Å². The van der Waals surface area contributed by atoms with Gasteiger partial charge in [0.2, 0.25) is 0 Å². The number of hydrogen-bond acceptors (Lipinski definition) is 3. The summed E-state index contributed by atoms with van der Waals surface area (Å²) in [7, 11) is 0. The van der Waals surface area contributed by atoms with Gasteiger partial charge in [0.15, 0.2) is 0 Å². The largest absolute Gasteiger partial charge is 0.489 e. The average Bonchev–Trinajstić information content (AvgIpc) is 2.72. The Morgan fingerprint density at radius 2 is 1.72 bits per heavy atom. The van der Waals surface area contributed by atoms with E-state index >= 15 is 0 Å². The van der Waals surface area contributed by atoms with Gasteiger partial charge in [-0.25, -0.2) is 4.79 Å². The van der Waals surface area contributed by atoms with Crippen molar-refractivity contribution >= 4 is 40.8 Å². The molecule has 0 aliphatic rings. The summed E-state index contributed by atoms with van der Waals surface area (Å²) in [6.45, 7) is 0.318. The van der Waals surface area contributed by atoms with Crippen LogP contribution in [0.1, 0.15) is 27.0 Å². The van der Waals surface area contributed by atoms with E-state index in [9.17, 15) is 10.1 Å². The third kappa shape index (κ3) is 5.39. The molecule has 0 aromatic heterocycles. The lowest BCUT2D eigenvalue weighted by Crippen LogP contribution is -1.98. The van der Waals surface area contributed by atoms with Crippen LogP contribution in [0.4, 0.5) is 0 Å². The van der Waals surface area contributed by atoms with Crippen molar-refractivity contribution in [2.75, 3.05) is 0 Å². The fraction of sp³-hybridized carbons (Fsp3) is 0.0435. The van der Waals surface area contributed by atoms with Gasteiger partial charge in [-0.15, -0.1) is 0 Å². The Hall–Kier alpha value is -3.26. The first-order valence-corrected chi connectivity index (χ1v) is 9.34. The van der Waals surface area contributed by atoms with Crippen LogP contribution in [0, 0.1) is 11.3 Å². The summed E-state index contributed by atoms with van der Waals surface area (Å²) in [6.07, 6.45) is 1.74. The fourth-order valence-electron chi connectivity index (χ4n) is 2.62. The quantitative estimate of drug-likeness (QED) is 0.371. The van der Waals surface area contributed by atoms with E-state index in [4.69, 9.17) is 33.0 Å². The lowest BCUT2D eigenvalue weighted by Gasteiger charge is -2.07.